The van der Waals surface area contributed by atoms with Gasteiger partial charge < -0.3 is 10.1 Å². The largest absolute Gasteiger partial charge is 0.463 e. The summed E-state index contributed by atoms with van der Waals surface area (Å²) < 4.78 is 33.5. The van der Waals surface area contributed by atoms with Gasteiger partial charge in [-0.1, -0.05) is 36.0 Å². The molecule has 0 amide bonds. The van der Waals surface area contributed by atoms with Crippen LogP contribution in [0.5, 0.6) is 0 Å². The van der Waals surface area contributed by atoms with Crippen LogP contribution in [-0.2, 0) is 15.3 Å². The van der Waals surface area contributed by atoms with Crippen molar-refractivity contribution >= 4 is 23.7 Å². The average Bonchev–Trinajstić information content (AvgIpc) is 3.15. The van der Waals surface area contributed by atoms with Gasteiger partial charge in [0, 0.05) is 11.4 Å². The number of fused-ring (bicyclic) bond motifs is 1. The van der Waals surface area contributed by atoms with Gasteiger partial charge in [0.25, 0.3) is 0 Å². The predicted molar refractivity (Wildman–Crippen MR) is 113 cm³/mol. The molecule has 3 aromatic rings. The molecule has 0 saturated heterocycles. The van der Waals surface area contributed by atoms with Crippen LogP contribution in [0.1, 0.15) is 31.0 Å². The first-order valence-electron chi connectivity index (χ1n) is 9.70. The predicted octanol–water partition coefficient (Wildman–Crippen LogP) is 4.70. The van der Waals surface area contributed by atoms with Crippen LogP contribution < -0.4 is 5.32 Å². The van der Waals surface area contributed by atoms with Gasteiger partial charge in [0.1, 0.15) is 17.7 Å². The van der Waals surface area contributed by atoms with Gasteiger partial charge >= 0.3 is 5.97 Å². The Kier molecular flexibility index (Phi) is 6.03. The number of anilines is 1. The second-order valence-corrected chi connectivity index (χ2v) is 7.86. The van der Waals surface area contributed by atoms with Crippen LogP contribution in [0.3, 0.4) is 0 Å². The van der Waals surface area contributed by atoms with E-state index < -0.39 is 12.0 Å². The molecule has 1 atom stereocenters. The monoisotopic (exact) mass is 442 g/mol. The number of rotatable bonds is 6. The number of esters is 1. The number of hydrogen-bond donors (Lipinski definition) is 1. The Morgan fingerprint density at radius 2 is 1.77 bits per heavy atom. The van der Waals surface area contributed by atoms with Crippen molar-refractivity contribution in [2.75, 3.05) is 11.9 Å². The van der Waals surface area contributed by atoms with Crippen LogP contribution in [0.15, 0.2) is 65.0 Å². The molecule has 1 aliphatic rings. The fourth-order valence-electron chi connectivity index (χ4n) is 3.35. The molecule has 2 aromatic carbocycles. The fourth-order valence-corrected chi connectivity index (χ4v) is 4.13. The summed E-state index contributed by atoms with van der Waals surface area (Å²) in [5.74, 6) is -0.0960. The van der Waals surface area contributed by atoms with Crippen LogP contribution in [-0.4, -0.2) is 27.3 Å². The summed E-state index contributed by atoms with van der Waals surface area (Å²) in [6.45, 7) is 3.74. The minimum atomic E-state index is -0.608. The average molecular weight is 442 g/mol. The van der Waals surface area contributed by atoms with Crippen molar-refractivity contribution in [2.24, 2.45) is 0 Å². The lowest BCUT2D eigenvalue weighted by Crippen LogP contribution is -2.29. The molecule has 9 heteroatoms. The zero-order valence-corrected chi connectivity index (χ0v) is 17.7. The maximum absolute atomic E-state index is 13.5. The number of halogens is 2. The molecule has 0 saturated carbocycles. The van der Waals surface area contributed by atoms with Crippen LogP contribution >= 0.6 is 11.8 Å². The summed E-state index contributed by atoms with van der Waals surface area (Å²) in [5.41, 5.74) is 2.61. The standard InChI is InChI=1S/C22H20F2N4O2S/c1-3-30-20(29)18-13(2)25-21-26-22(31-12-14-4-8-16(23)9-5-14)27-28(21)19(18)15-6-10-17(24)11-7-15/h4-11,19H,3,12H2,1-2H3,(H,25,26,27). The van der Waals surface area contributed by atoms with Gasteiger partial charge in [-0.15, -0.1) is 5.10 Å². The lowest BCUT2D eigenvalue weighted by molar-refractivity contribution is -0.139. The number of allylic oxidation sites excluding steroid dienone is 1. The summed E-state index contributed by atoms with van der Waals surface area (Å²) in [7, 11) is 0. The summed E-state index contributed by atoms with van der Waals surface area (Å²) in [6, 6.07) is 11.6. The number of thioether (sulfide) groups is 1. The summed E-state index contributed by atoms with van der Waals surface area (Å²) >= 11 is 1.39. The van der Waals surface area contributed by atoms with Gasteiger partial charge in [0.15, 0.2) is 0 Å². The van der Waals surface area contributed by atoms with E-state index in [9.17, 15) is 13.6 Å². The third-order valence-electron chi connectivity index (χ3n) is 4.80. The molecule has 1 unspecified atom stereocenters. The topological polar surface area (TPSA) is 69.0 Å². The first-order valence-corrected chi connectivity index (χ1v) is 10.7. The van der Waals surface area contributed by atoms with Gasteiger partial charge in [0.2, 0.25) is 11.1 Å². The number of ether oxygens (including phenoxy) is 1. The maximum atomic E-state index is 13.5. The van der Waals surface area contributed by atoms with E-state index >= 15 is 0 Å². The number of hydrogen-bond acceptors (Lipinski definition) is 6. The maximum Gasteiger partial charge on any atom is 0.338 e. The number of aromatic nitrogens is 3. The Bertz CT molecular complexity index is 1130. The molecule has 160 valence electrons. The highest BCUT2D eigenvalue weighted by Gasteiger charge is 2.35. The summed E-state index contributed by atoms with van der Waals surface area (Å²) in [5, 5.41) is 8.20. The second-order valence-electron chi connectivity index (χ2n) is 6.92. The van der Waals surface area contributed by atoms with Crippen molar-refractivity contribution in [3.8, 4) is 0 Å². The number of carbonyl (C=O) groups is 1. The van der Waals surface area contributed by atoms with E-state index in [-0.39, 0.29) is 18.2 Å². The smallest absolute Gasteiger partial charge is 0.338 e. The number of benzene rings is 2. The van der Waals surface area contributed by atoms with Crippen LogP contribution in [0.25, 0.3) is 0 Å². The molecule has 2 heterocycles. The Labute approximate surface area is 182 Å². The van der Waals surface area contributed by atoms with Crippen molar-refractivity contribution < 1.29 is 18.3 Å². The molecule has 6 nitrogen and oxygen atoms in total. The molecule has 1 aromatic heterocycles. The molecule has 0 aliphatic carbocycles. The van der Waals surface area contributed by atoms with Gasteiger partial charge in [-0.2, -0.15) is 4.98 Å². The van der Waals surface area contributed by atoms with Gasteiger partial charge in [-0.25, -0.2) is 18.3 Å². The molecule has 0 radical (unpaired) electrons. The highest BCUT2D eigenvalue weighted by Crippen LogP contribution is 2.37. The highest BCUT2D eigenvalue weighted by molar-refractivity contribution is 7.98. The van der Waals surface area contributed by atoms with E-state index in [4.69, 9.17) is 4.74 Å². The fraction of sp³-hybridized carbons (Fsp3) is 0.227. The molecule has 31 heavy (non-hydrogen) atoms. The molecule has 1 aliphatic heterocycles. The van der Waals surface area contributed by atoms with Gasteiger partial charge in [-0.05, 0) is 49.2 Å². The lowest BCUT2D eigenvalue weighted by atomic mass is 9.96. The van der Waals surface area contributed by atoms with Crippen molar-refractivity contribution in [2.45, 2.75) is 30.8 Å². The van der Waals surface area contributed by atoms with Crippen molar-refractivity contribution in [1.82, 2.24) is 14.8 Å². The zero-order valence-electron chi connectivity index (χ0n) is 16.9. The number of carbonyl (C=O) groups excluding carboxylic acids is 1. The SMILES string of the molecule is CCOC(=O)C1=C(C)Nc2nc(SCc3ccc(F)cc3)nn2C1c1ccc(F)cc1. The Morgan fingerprint density at radius 1 is 1.13 bits per heavy atom. The normalized spacial score (nSPS) is 15.4. The third-order valence-corrected chi connectivity index (χ3v) is 5.70. The van der Waals surface area contributed by atoms with Crippen LogP contribution in [0.4, 0.5) is 14.7 Å². The molecule has 0 spiro atoms. The lowest BCUT2D eigenvalue weighted by Gasteiger charge is -2.28. The van der Waals surface area contributed by atoms with E-state index in [2.05, 4.69) is 15.4 Å². The van der Waals surface area contributed by atoms with Crippen LogP contribution in [0, 0.1) is 11.6 Å². The first-order chi connectivity index (χ1) is 15.0. The minimum Gasteiger partial charge on any atom is -0.463 e. The van der Waals surface area contributed by atoms with E-state index in [0.29, 0.717) is 33.7 Å². The van der Waals surface area contributed by atoms with E-state index in [0.717, 1.165) is 5.56 Å². The van der Waals surface area contributed by atoms with Crippen LogP contribution in [0.2, 0.25) is 0 Å². The first kappa shape index (κ1) is 21.0. The second kappa shape index (κ2) is 8.89. The van der Waals surface area contributed by atoms with Crippen molar-refractivity contribution in [3.63, 3.8) is 0 Å². The Hall–Kier alpha value is -3.20. The van der Waals surface area contributed by atoms with E-state index in [1.54, 1.807) is 42.8 Å². The summed E-state index contributed by atoms with van der Waals surface area (Å²) in [6.07, 6.45) is 0. The quantitative estimate of drug-likeness (QED) is 0.441. The van der Waals surface area contributed by atoms with Crippen molar-refractivity contribution in [1.29, 1.82) is 0 Å². The van der Waals surface area contributed by atoms with Crippen molar-refractivity contribution in [3.05, 3.63) is 82.6 Å². The highest BCUT2D eigenvalue weighted by atomic mass is 32.2. The molecule has 0 bridgehead atoms. The Morgan fingerprint density at radius 3 is 2.42 bits per heavy atom. The molecule has 1 N–H and O–H groups in total. The summed E-state index contributed by atoms with van der Waals surface area (Å²) in [4.78, 5) is 17.3. The van der Waals surface area contributed by atoms with E-state index in [1.165, 1.54) is 36.0 Å². The molecular formula is C22H20F2N4O2S. The van der Waals surface area contributed by atoms with Gasteiger partial charge in [0.05, 0.1) is 12.2 Å². The molecule has 0 fully saturated rings. The number of nitrogens with one attached hydrogen (secondary N) is 1. The van der Waals surface area contributed by atoms with E-state index in [1.807, 2.05) is 0 Å². The number of nitrogens with zero attached hydrogens (tertiary/aromatic N) is 3. The van der Waals surface area contributed by atoms with Gasteiger partial charge in [-0.3, -0.25) is 0 Å². The molecule has 4 rings (SSSR count). The minimum absolute atomic E-state index is 0.231. The third kappa shape index (κ3) is 4.46. The molecular weight excluding hydrogens is 422 g/mol. The Balaban J connectivity index is 1.67. The zero-order chi connectivity index (χ0) is 22.0.